The molecular weight excluding hydrogens is 327 g/mol. The Balaban J connectivity index is 2.15. The summed E-state index contributed by atoms with van der Waals surface area (Å²) in [5, 5.41) is 3.00. The first-order valence-corrected chi connectivity index (χ1v) is 7.30. The smallest absolute Gasteiger partial charge is 0.252 e. The van der Waals surface area contributed by atoms with Gasteiger partial charge in [-0.1, -0.05) is 6.92 Å². The molecule has 0 spiro atoms. The van der Waals surface area contributed by atoms with Crippen LogP contribution in [0.2, 0.25) is 0 Å². The summed E-state index contributed by atoms with van der Waals surface area (Å²) in [5.74, 6) is -0.752. The molecule has 2 unspecified atom stereocenters. The van der Waals surface area contributed by atoms with Crippen LogP contribution in [-0.4, -0.2) is 28.8 Å². The molecule has 0 radical (unpaired) electrons. The molecule has 0 aliphatic carbocycles. The molecule has 1 N–H and O–H groups in total. The van der Waals surface area contributed by atoms with Crippen molar-refractivity contribution < 1.29 is 14.0 Å². The number of imide groups is 1. The van der Waals surface area contributed by atoms with Gasteiger partial charge in [0, 0.05) is 16.2 Å². The van der Waals surface area contributed by atoms with Gasteiger partial charge in [0.1, 0.15) is 11.9 Å². The summed E-state index contributed by atoms with van der Waals surface area (Å²) in [6.07, 6.45) is 0.859. The molecule has 0 bridgehead atoms. The average Bonchev–Trinajstić information content (AvgIpc) is 2.67. The number of hydrogen-bond donors (Lipinski definition) is 1. The predicted octanol–water partition coefficient (Wildman–Crippen LogP) is 2.93. The van der Waals surface area contributed by atoms with Gasteiger partial charge in [0.2, 0.25) is 5.91 Å². The van der Waals surface area contributed by atoms with Crippen LogP contribution in [0.3, 0.4) is 0 Å². The summed E-state index contributed by atoms with van der Waals surface area (Å²) < 4.78 is 13.6. The van der Waals surface area contributed by atoms with Gasteiger partial charge in [-0.15, -0.1) is 0 Å². The zero-order valence-electron chi connectivity index (χ0n) is 11.3. The lowest BCUT2D eigenvalue weighted by molar-refractivity contribution is -0.140. The molecule has 1 aromatic rings. The molecule has 1 heterocycles. The van der Waals surface area contributed by atoms with Crippen molar-refractivity contribution in [2.45, 2.75) is 38.8 Å². The van der Waals surface area contributed by atoms with Crippen LogP contribution in [0, 0.1) is 5.82 Å². The highest BCUT2D eigenvalue weighted by Crippen LogP contribution is 2.27. The number of carbonyl (C=O) groups excluding carboxylic acids is 2. The molecule has 1 fully saturated rings. The lowest BCUT2D eigenvalue weighted by atomic mass is 10.2. The van der Waals surface area contributed by atoms with Crippen molar-refractivity contribution in [3.63, 3.8) is 0 Å². The quantitative estimate of drug-likeness (QED) is 0.856. The highest BCUT2D eigenvalue weighted by molar-refractivity contribution is 9.10. The third-order valence-corrected chi connectivity index (χ3v) is 4.13. The second-order valence-corrected chi connectivity index (χ2v) is 5.74. The van der Waals surface area contributed by atoms with E-state index in [-0.39, 0.29) is 30.1 Å². The Morgan fingerprint density at radius 1 is 1.50 bits per heavy atom. The number of benzene rings is 1. The van der Waals surface area contributed by atoms with Gasteiger partial charge in [0.15, 0.2) is 0 Å². The fourth-order valence-corrected chi connectivity index (χ4v) is 2.67. The Kier molecular flexibility index (Phi) is 4.42. The molecule has 0 saturated carbocycles. The molecule has 1 aromatic carbocycles. The largest absolute Gasteiger partial charge is 0.372 e. The number of hydrogen-bond acceptors (Lipinski definition) is 3. The summed E-state index contributed by atoms with van der Waals surface area (Å²) in [6.45, 7) is 3.79. The number of anilines is 1. The van der Waals surface area contributed by atoms with E-state index in [9.17, 15) is 14.0 Å². The maximum atomic E-state index is 13.0. The number of carbonyl (C=O) groups is 2. The number of nitrogens with one attached hydrogen (secondary N) is 1. The number of amides is 2. The second-order valence-electron chi connectivity index (χ2n) is 4.88. The third-order valence-electron chi connectivity index (χ3n) is 3.48. The zero-order valence-corrected chi connectivity index (χ0v) is 12.9. The Bertz CT molecular complexity index is 550. The van der Waals surface area contributed by atoms with Crippen LogP contribution in [0.5, 0.6) is 0 Å². The average molecular weight is 343 g/mol. The van der Waals surface area contributed by atoms with E-state index < -0.39 is 6.04 Å². The van der Waals surface area contributed by atoms with Gasteiger partial charge in [-0.2, -0.15) is 0 Å². The molecular formula is C14H16BrFN2O2. The fourth-order valence-electron chi connectivity index (χ4n) is 2.20. The zero-order chi connectivity index (χ0) is 14.9. The van der Waals surface area contributed by atoms with E-state index >= 15 is 0 Å². The van der Waals surface area contributed by atoms with E-state index in [1.165, 1.54) is 17.0 Å². The highest BCUT2D eigenvalue weighted by Gasteiger charge is 2.40. The lowest BCUT2D eigenvalue weighted by Gasteiger charge is -2.22. The number of likely N-dealkylation sites (tertiary alicyclic amines) is 1. The molecule has 108 valence electrons. The van der Waals surface area contributed by atoms with Gasteiger partial charge in [-0.05, 0) is 47.5 Å². The van der Waals surface area contributed by atoms with Crippen molar-refractivity contribution in [2.24, 2.45) is 0 Å². The Labute approximate surface area is 125 Å². The summed E-state index contributed by atoms with van der Waals surface area (Å²) >= 11 is 3.23. The molecule has 1 aliphatic heterocycles. The molecule has 2 rings (SSSR count). The van der Waals surface area contributed by atoms with Gasteiger partial charge in [-0.25, -0.2) is 4.39 Å². The van der Waals surface area contributed by atoms with Crippen LogP contribution >= 0.6 is 15.9 Å². The van der Waals surface area contributed by atoms with Crippen LogP contribution in [0.1, 0.15) is 26.7 Å². The van der Waals surface area contributed by atoms with E-state index in [0.29, 0.717) is 10.2 Å². The van der Waals surface area contributed by atoms with E-state index in [0.717, 1.165) is 6.42 Å². The van der Waals surface area contributed by atoms with E-state index in [1.807, 2.05) is 13.8 Å². The molecule has 2 amide bonds. The van der Waals surface area contributed by atoms with Gasteiger partial charge >= 0.3 is 0 Å². The van der Waals surface area contributed by atoms with Gasteiger partial charge in [-0.3, -0.25) is 14.5 Å². The Hall–Kier alpha value is -1.43. The third kappa shape index (κ3) is 2.85. The molecule has 1 saturated heterocycles. The predicted molar refractivity (Wildman–Crippen MR) is 77.7 cm³/mol. The van der Waals surface area contributed by atoms with Crippen LogP contribution in [0.4, 0.5) is 10.1 Å². The van der Waals surface area contributed by atoms with Crippen molar-refractivity contribution in [3.8, 4) is 0 Å². The van der Waals surface area contributed by atoms with Crippen LogP contribution < -0.4 is 5.32 Å². The molecule has 2 atom stereocenters. The summed E-state index contributed by atoms with van der Waals surface area (Å²) in [6, 6.07) is 3.48. The van der Waals surface area contributed by atoms with Crippen LogP contribution in [0.25, 0.3) is 0 Å². The van der Waals surface area contributed by atoms with Gasteiger partial charge in [0.25, 0.3) is 5.91 Å². The first-order chi connectivity index (χ1) is 9.43. The fraction of sp³-hybridized carbons (Fsp3) is 0.429. The van der Waals surface area contributed by atoms with Crippen LogP contribution in [-0.2, 0) is 9.59 Å². The maximum absolute atomic E-state index is 13.0. The van der Waals surface area contributed by atoms with Gasteiger partial charge in [0.05, 0.1) is 6.42 Å². The van der Waals surface area contributed by atoms with Gasteiger partial charge < -0.3 is 5.32 Å². The molecule has 6 heteroatoms. The molecule has 20 heavy (non-hydrogen) atoms. The van der Waals surface area contributed by atoms with Crippen molar-refractivity contribution in [3.05, 3.63) is 28.5 Å². The highest BCUT2D eigenvalue weighted by atomic mass is 79.9. The normalized spacial score (nSPS) is 20.4. The standard InChI is InChI=1S/C14H16BrFN2O2/c1-3-8(2)18-13(19)7-12(14(18)20)17-11-5-4-9(16)6-10(11)15/h4-6,8,12,17H,3,7H2,1-2H3. The lowest BCUT2D eigenvalue weighted by Crippen LogP contribution is -2.40. The molecule has 0 aromatic heterocycles. The van der Waals surface area contributed by atoms with E-state index in [1.54, 1.807) is 6.07 Å². The number of nitrogens with zero attached hydrogens (tertiary/aromatic N) is 1. The number of halogens is 2. The first kappa shape index (κ1) is 15.0. The van der Waals surface area contributed by atoms with Crippen molar-refractivity contribution in [2.75, 3.05) is 5.32 Å². The maximum Gasteiger partial charge on any atom is 0.252 e. The Morgan fingerprint density at radius 2 is 2.20 bits per heavy atom. The van der Waals surface area contributed by atoms with E-state index in [2.05, 4.69) is 21.2 Å². The summed E-state index contributed by atoms with van der Waals surface area (Å²) in [4.78, 5) is 25.5. The van der Waals surface area contributed by atoms with E-state index in [4.69, 9.17) is 0 Å². The number of rotatable bonds is 4. The topological polar surface area (TPSA) is 49.4 Å². The first-order valence-electron chi connectivity index (χ1n) is 6.51. The monoisotopic (exact) mass is 342 g/mol. The minimum Gasteiger partial charge on any atom is -0.372 e. The minimum atomic E-state index is -0.585. The second kappa shape index (κ2) is 5.91. The van der Waals surface area contributed by atoms with Crippen molar-refractivity contribution in [1.82, 2.24) is 4.90 Å². The molecule has 1 aliphatic rings. The minimum absolute atomic E-state index is 0.0986. The van der Waals surface area contributed by atoms with Crippen molar-refractivity contribution in [1.29, 1.82) is 0 Å². The van der Waals surface area contributed by atoms with Crippen molar-refractivity contribution >= 4 is 33.4 Å². The molecule has 4 nitrogen and oxygen atoms in total. The summed E-state index contributed by atoms with van der Waals surface area (Å²) in [5.41, 5.74) is 0.601. The van der Waals surface area contributed by atoms with Crippen LogP contribution in [0.15, 0.2) is 22.7 Å². The summed E-state index contributed by atoms with van der Waals surface area (Å²) in [7, 11) is 0. The Morgan fingerprint density at radius 3 is 2.80 bits per heavy atom. The SMILES string of the molecule is CCC(C)N1C(=O)CC(Nc2ccc(F)cc2Br)C1=O.